The maximum atomic E-state index is 6.83. The molecule has 6 aromatic carbocycles. The average Bonchev–Trinajstić information content (AvgIpc) is 3.92. The fourth-order valence-corrected chi connectivity index (χ4v) is 9.63. The molecule has 0 bridgehead atoms. The molecule has 0 aliphatic rings. The van der Waals surface area contributed by atoms with Gasteiger partial charge in [0.1, 0.15) is 22.8 Å². The van der Waals surface area contributed by atoms with E-state index in [1.165, 1.54) is 49.7 Å². The topological polar surface area (TPSA) is 43.8 Å². The lowest BCUT2D eigenvalue weighted by Crippen LogP contribution is -2.02. The van der Waals surface area contributed by atoms with Crippen molar-refractivity contribution in [3.8, 4) is 33.9 Å². The molecular weight excluding hydrogens is 721 g/mol. The van der Waals surface area contributed by atoms with E-state index < -0.39 is 0 Å². The standard InChI is InChI=1S/C54H50N4O/c1-31(2)37-15-11-16-38(32(3)4)50(37)44-19-13-21-48-52(44)43-25-23-36(29-46(43)53-55-26-27-57(48)53)59-35-22-24-41-42-14-9-10-20-47(42)58-49(30-56-54(58)45(41)28-35)51-39(33(5)6)17-12-18-40(51)34(7)8/h9-34H,1-8H3. The van der Waals surface area contributed by atoms with E-state index in [4.69, 9.17) is 14.7 Å². The quantitative estimate of drug-likeness (QED) is 0.145. The van der Waals surface area contributed by atoms with Crippen molar-refractivity contribution in [2.45, 2.75) is 79.1 Å². The van der Waals surface area contributed by atoms with Crippen LogP contribution in [0.15, 0.2) is 134 Å². The van der Waals surface area contributed by atoms with E-state index in [2.05, 4.69) is 192 Å². The number of hydrogen-bond acceptors (Lipinski definition) is 3. The fraction of sp³-hybridized carbons (Fsp3) is 0.222. The van der Waals surface area contributed by atoms with Gasteiger partial charge in [-0.05, 0) is 116 Å². The smallest absolute Gasteiger partial charge is 0.145 e. The van der Waals surface area contributed by atoms with Crippen molar-refractivity contribution in [3.05, 3.63) is 156 Å². The van der Waals surface area contributed by atoms with Crippen LogP contribution in [0.1, 0.15) is 101 Å². The van der Waals surface area contributed by atoms with E-state index in [0.29, 0.717) is 23.7 Å². The minimum atomic E-state index is 0.365. The molecule has 0 spiro atoms. The first-order valence-electron chi connectivity index (χ1n) is 21.2. The van der Waals surface area contributed by atoms with Crippen LogP contribution < -0.4 is 4.74 Å². The number of rotatable bonds is 8. The highest BCUT2D eigenvalue weighted by Crippen LogP contribution is 2.44. The Kier molecular flexibility index (Phi) is 8.82. The van der Waals surface area contributed by atoms with Crippen molar-refractivity contribution in [3.63, 3.8) is 0 Å². The van der Waals surface area contributed by atoms with Crippen LogP contribution in [0.5, 0.6) is 11.5 Å². The summed E-state index contributed by atoms with van der Waals surface area (Å²) in [5, 5.41) is 6.83. The first-order valence-corrected chi connectivity index (χ1v) is 21.2. The Balaban J connectivity index is 1.16. The first-order chi connectivity index (χ1) is 28.6. The first kappa shape index (κ1) is 36.9. The summed E-state index contributed by atoms with van der Waals surface area (Å²) in [4.78, 5) is 10.1. The van der Waals surface area contributed by atoms with Crippen molar-refractivity contribution < 1.29 is 4.74 Å². The van der Waals surface area contributed by atoms with Crippen molar-refractivity contribution in [1.82, 2.24) is 18.8 Å². The monoisotopic (exact) mass is 770 g/mol. The van der Waals surface area contributed by atoms with Crippen LogP contribution >= 0.6 is 0 Å². The summed E-state index contributed by atoms with van der Waals surface area (Å²) in [5.74, 6) is 3.01. The number of aromatic nitrogens is 4. The number of benzene rings is 6. The number of pyridine rings is 2. The molecule has 0 fully saturated rings. The molecular formula is C54H50N4O. The third-order valence-electron chi connectivity index (χ3n) is 12.4. The molecule has 5 nitrogen and oxygen atoms in total. The average molecular weight is 771 g/mol. The number of fused-ring (bicyclic) bond motifs is 12. The lowest BCUT2D eigenvalue weighted by molar-refractivity contribution is 0.484. The second kappa shape index (κ2) is 14.1. The van der Waals surface area contributed by atoms with E-state index in [1.54, 1.807) is 0 Å². The number of ether oxygens (including phenoxy) is 1. The summed E-state index contributed by atoms with van der Waals surface area (Å²) in [7, 11) is 0. The molecule has 10 aromatic rings. The molecule has 4 aromatic heterocycles. The SMILES string of the molecule is CC(C)c1cccc(C(C)C)c1-c1cccc2c1c1ccc(Oc3ccc4c5ccccc5n5c(-c6c(C(C)C)cccc6C(C)C)cnc5c4c3)cc1c1nccn21. The number of para-hydroxylation sites is 1. The highest BCUT2D eigenvalue weighted by atomic mass is 16.5. The molecule has 0 saturated heterocycles. The van der Waals surface area contributed by atoms with Crippen LogP contribution in [-0.4, -0.2) is 18.8 Å². The summed E-state index contributed by atoms with van der Waals surface area (Å²) in [6, 6.07) is 41.9. The Labute approximate surface area is 345 Å². The number of nitrogens with zero attached hydrogens (tertiary/aromatic N) is 4. The number of hydrogen-bond donors (Lipinski definition) is 0. The zero-order valence-corrected chi connectivity index (χ0v) is 35.2. The maximum absolute atomic E-state index is 6.83. The Hall–Kier alpha value is -6.46. The second-order valence-corrected chi connectivity index (χ2v) is 17.4. The third-order valence-corrected chi connectivity index (χ3v) is 12.4. The Morgan fingerprint density at radius 3 is 1.68 bits per heavy atom. The van der Waals surface area contributed by atoms with Crippen molar-refractivity contribution in [1.29, 1.82) is 0 Å². The van der Waals surface area contributed by atoms with Gasteiger partial charge in [-0.15, -0.1) is 0 Å². The minimum absolute atomic E-state index is 0.365. The lowest BCUT2D eigenvalue weighted by Gasteiger charge is -2.22. The molecule has 59 heavy (non-hydrogen) atoms. The summed E-state index contributed by atoms with van der Waals surface area (Å²) in [5.41, 5.74) is 14.5. The van der Waals surface area contributed by atoms with Gasteiger partial charge in [0, 0.05) is 39.5 Å². The molecule has 0 unspecified atom stereocenters. The summed E-state index contributed by atoms with van der Waals surface area (Å²) in [6.07, 6.45) is 6.05. The maximum Gasteiger partial charge on any atom is 0.145 e. The highest BCUT2D eigenvalue weighted by Gasteiger charge is 2.23. The summed E-state index contributed by atoms with van der Waals surface area (Å²) >= 11 is 0. The van der Waals surface area contributed by atoms with Crippen molar-refractivity contribution >= 4 is 54.6 Å². The predicted octanol–water partition coefficient (Wildman–Crippen LogP) is 15.2. The zero-order chi connectivity index (χ0) is 40.7. The molecule has 292 valence electrons. The minimum Gasteiger partial charge on any atom is -0.457 e. The predicted molar refractivity (Wildman–Crippen MR) is 248 cm³/mol. The van der Waals surface area contributed by atoms with E-state index in [-0.39, 0.29) is 0 Å². The third kappa shape index (κ3) is 5.81. The molecule has 0 aliphatic heterocycles. The molecule has 5 heteroatoms. The van der Waals surface area contributed by atoms with Gasteiger partial charge < -0.3 is 4.74 Å². The van der Waals surface area contributed by atoms with Crippen molar-refractivity contribution in [2.24, 2.45) is 0 Å². The van der Waals surface area contributed by atoms with E-state index in [0.717, 1.165) is 61.1 Å². The molecule has 0 saturated carbocycles. The lowest BCUT2D eigenvalue weighted by atomic mass is 9.83. The fourth-order valence-electron chi connectivity index (χ4n) is 9.63. The van der Waals surface area contributed by atoms with Crippen LogP contribution in [0.3, 0.4) is 0 Å². The zero-order valence-electron chi connectivity index (χ0n) is 35.2. The largest absolute Gasteiger partial charge is 0.457 e. The molecule has 0 N–H and O–H groups in total. The van der Waals surface area contributed by atoms with Crippen LogP contribution in [0, 0.1) is 0 Å². The van der Waals surface area contributed by atoms with Crippen LogP contribution in [0.4, 0.5) is 0 Å². The second-order valence-electron chi connectivity index (χ2n) is 17.4. The van der Waals surface area contributed by atoms with Crippen LogP contribution in [-0.2, 0) is 0 Å². The van der Waals surface area contributed by atoms with Crippen molar-refractivity contribution in [2.75, 3.05) is 0 Å². The van der Waals surface area contributed by atoms with E-state index >= 15 is 0 Å². The van der Waals surface area contributed by atoms with Gasteiger partial charge in [0.2, 0.25) is 0 Å². The molecule has 0 aliphatic carbocycles. The Bertz CT molecular complexity index is 3210. The molecule has 0 radical (unpaired) electrons. The van der Waals surface area contributed by atoms with Gasteiger partial charge in [0.15, 0.2) is 0 Å². The van der Waals surface area contributed by atoms with Gasteiger partial charge in [-0.1, -0.05) is 122 Å². The van der Waals surface area contributed by atoms with Gasteiger partial charge >= 0.3 is 0 Å². The molecule has 4 heterocycles. The summed E-state index contributed by atoms with van der Waals surface area (Å²) < 4.78 is 11.4. The molecule has 10 rings (SSSR count). The van der Waals surface area contributed by atoms with E-state index in [9.17, 15) is 0 Å². The molecule has 0 amide bonds. The number of imidazole rings is 2. The van der Waals surface area contributed by atoms with Gasteiger partial charge in [-0.25, -0.2) is 9.97 Å². The van der Waals surface area contributed by atoms with Gasteiger partial charge in [-0.2, -0.15) is 0 Å². The molecule has 0 atom stereocenters. The summed E-state index contributed by atoms with van der Waals surface area (Å²) in [6.45, 7) is 18.3. The Morgan fingerprint density at radius 1 is 0.475 bits per heavy atom. The Morgan fingerprint density at radius 2 is 1.03 bits per heavy atom. The normalized spacial score (nSPS) is 12.3. The van der Waals surface area contributed by atoms with Crippen LogP contribution in [0.25, 0.3) is 77.0 Å². The van der Waals surface area contributed by atoms with Gasteiger partial charge in [0.05, 0.1) is 22.9 Å². The van der Waals surface area contributed by atoms with Gasteiger partial charge in [0.25, 0.3) is 0 Å². The van der Waals surface area contributed by atoms with Crippen LogP contribution in [0.2, 0.25) is 0 Å². The van der Waals surface area contributed by atoms with E-state index in [1.807, 2.05) is 6.20 Å². The van der Waals surface area contributed by atoms with Gasteiger partial charge in [-0.3, -0.25) is 8.80 Å². The highest BCUT2D eigenvalue weighted by molar-refractivity contribution is 6.18.